The first-order valence-electron chi connectivity index (χ1n) is 10.0. The lowest BCUT2D eigenvalue weighted by Gasteiger charge is -2.16. The van der Waals surface area contributed by atoms with Crippen molar-refractivity contribution in [2.45, 2.75) is 19.3 Å². The van der Waals surface area contributed by atoms with Crippen LogP contribution >= 0.6 is 0 Å². The minimum absolute atomic E-state index is 0.00351. The van der Waals surface area contributed by atoms with Crippen molar-refractivity contribution in [3.8, 4) is 0 Å². The number of nitrogens with one attached hydrogen (secondary N) is 1. The Hall–Kier alpha value is -3.22. The number of pyridine rings is 1. The molecule has 2 atom stereocenters. The van der Waals surface area contributed by atoms with Crippen molar-refractivity contribution in [3.05, 3.63) is 53.5 Å². The molecule has 0 radical (unpaired) electrons. The van der Waals surface area contributed by atoms with Gasteiger partial charge in [-0.1, -0.05) is 6.08 Å². The number of anilines is 1. The first kappa shape index (κ1) is 17.8. The number of hydrogen-bond acceptors (Lipinski definition) is 4. The van der Waals surface area contributed by atoms with Gasteiger partial charge in [0.2, 0.25) is 11.8 Å². The molecule has 2 aromatic rings. The molecule has 0 aromatic carbocycles. The molecule has 0 bridgehead atoms. The molecular weight excluding hydrogens is 366 g/mol. The van der Waals surface area contributed by atoms with Crippen LogP contribution < -0.4 is 5.32 Å². The highest BCUT2D eigenvalue weighted by Crippen LogP contribution is 2.40. The summed E-state index contributed by atoms with van der Waals surface area (Å²) in [4.78, 5) is 30.3. The summed E-state index contributed by atoms with van der Waals surface area (Å²) in [5.41, 5.74) is 4.44. The quantitative estimate of drug-likeness (QED) is 0.817. The number of allylic oxidation sites excluding steroid dienone is 1. The van der Waals surface area contributed by atoms with Crippen LogP contribution in [0.15, 0.2) is 36.8 Å². The molecule has 1 aliphatic carbocycles. The van der Waals surface area contributed by atoms with Crippen LogP contribution in [0, 0.1) is 11.8 Å². The molecule has 3 aliphatic rings. The van der Waals surface area contributed by atoms with Gasteiger partial charge in [-0.05, 0) is 53.5 Å². The maximum Gasteiger partial charge on any atom is 0.246 e. The van der Waals surface area contributed by atoms with Crippen molar-refractivity contribution in [3.63, 3.8) is 0 Å². The minimum Gasteiger partial charge on any atom is -0.338 e. The number of fused-ring (bicyclic) bond motifs is 2. The molecule has 148 valence electrons. The lowest BCUT2D eigenvalue weighted by molar-refractivity contribution is -0.125. The second kappa shape index (κ2) is 6.99. The average Bonchev–Trinajstić information content (AvgIpc) is 3.40. The molecule has 7 heteroatoms. The number of nitrogens with zero attached hydrogens (tertiary/aromatic N) is 4. The average molecular weight is 389 g/mol. The zero-order valence-electron chi connectivity index (χ0n) is 16.3. The second-order valence-corrected chi connectivity index (χ2v) is 8.12. The highest BCUT2D eigenvalue weighted by atomic mass is 16.2. The maximum absolute atomic E-state index is 12.7. The Balaban J connectivity index is 1.23. The van der Waals surface area contributed by atoms with E-state index in [1.54, 1.807) is 12.3 Å². The Labute approximate surface area is 169 Å². The van der Waals surface area contributed by atoms with Crippen molar-refractivity contribution in [1.82, 2.24) is 19.7 Å². The number of aryl methyl sites for hydroxylation is 2. The molecule has 2 aliphatic heterocycles. The van der Waals surface area contributed by atoms with Gasteiger partial charge in [0.1, 0.15) is 5.82 Å². The Morgan fingerprint density at radius 2 is 2.17 bits per heavy atom. The molecule has 7 nitrogen and oxygen atoms in total. The largest absolute Gasteiger partial charge is 0.338 e. The van der Waals surface area contributed by atoms with Gasteiger partial charge in [-0.3, -0.25) is 14.3 Å². The van der Waals surface area contributed by atoms with E-state index in [1.165, 1.54) is 11.1 Å². The number of carbonyl (C=O) groups is 2. The van der Waals surface area contributed by atoms with Crippen molar-refractivity contribution in [2.75, 3.05) is 18.4 Å². The van der Waals surface area contributed by atoms with E-state index in [0.717, 1.165) is 30.6 Å². The summed E-state index contributed by atoms with van der Waals surface area (Å²) in [6.07, 6.45) is 13.6. The van der Waals surface area contributed by atoms with E-state index >= 15 is 0 Å². The van der Waals surface area contributed by atoms with E-state index in [1.807, 2.05) is 35.0 Å². The van der Waals surface area contributed by atoms with E-state index in [9.17, 15) is 9.59 Å². The van der Waals surface area contributed by atoms with Gasteiger partial charge in [0.05, 0.1) is 6.20 Å². The third-order valence-electron chi connectivity index (χ3n) is 6.06. The standard InChI is InChI=1S/C22H23N5O2/c1-26-11-19(10-24-26)16-7-17-12-27(13-18(17)8-16)21(29)5-2-14-6-15-3-4-20(28)25-22(15)23-9-14/h2,5-7,9-11,17-18H,3-4,8,12-13H2,1H3,(H,23,25,28)/b5-2+/t17?,18-/m0/s1. The molecule has 2 aromatic heterocycles. The molecule has 2 amide bonds. The van der Waals surface area contributed by atoms with Crippen LogP contribution in [0.1, 0.15) is 29.5 Å². The summed E-state index contributed by atoms with van der Waals surface area (Å²) in [6, 6.07) is 1.99. The second-order valence-electron chi connectivity index (χ2n) is 8.12. The van der Waals surface area contributed by atoms with E-state index in [2.05, 4.69) is 27.7 Å². The zero-order valence-corrected chi connectivity index (χ0v) is 16.3. The fraction of sp³-hybridized carbons (Fsp3) is 0.364. The van der Waals surface area contributed by atoms with Crippen molar-refractivity contribution < 1.29 is 9.59 Å². The summed E-state index contributed by atoms with van der Waals surface area (Å²) in [6.45, 7) is 1.56. The molecular formula is C22H23N5O2. The van der Waals surface area contributed by atoms with Gasteiger partial charge in [0.15, 0.2) is 0 Å². The van der Waals surface area contributed by atoms with E-state index < -0.39 is 0 Å². The van der Waals surface area contributed by atoms with Gasteiger partial charge in [-0.25, -0.2) is 4.98 Å². The monoisotopic (exact) mass is 389 g/mol. The van der Waals surface area contributed by atoms with Crippen LogP contribution in [0.4, 0.5) is 5.82 Å². The summed E-state index contributed by atoms with van der Waals surface area (Å²) < 4.78 is 1.83. The summed E-state index contributed by atoms with van der Waals surface area (Å²) in [7, 11) is 1.93. The Morgan fingerprint density at radius 3 is 2.97 bits per heavy atom. The molecule has 1 unspecified atom stereocenters. The summed E-state index contributed by atoms with van der Waals surface area (Å²) in [5.74, 6) is 1.60. The van der Waals surface area contributed by atoms with Crippen molar-refractivity contribution >= 4 is 29.3 Å². The molecule has 1 N–H and O–H groups in total. The first-order chi connectivity index (χ1) is 14.0. The molecule has 1 fully saturated rings. The van der Waals surface area contributed by atoms with Crippen LogP contribution in [-0.4, -0.2) is 44.6 Å². The molecule has 4 heterocycles. The van der Waals surface area contributed by atoms with Crippen LogP contribution in [-0.2, 0) is 23.1 Å². The topological polar surface area (TPSA) is 80.1 Å². The Morgan fingerprint density at radius 1 is 1.28 bits per heavy atom. The Bertz CT molecular complexity index is 1050. The molecule has 1 saturated heterocycles. The highest BCUT2D eigenvalue weighted by molar-refractivity contribution is 5.94. The number of amides is 2. The van der Waals surface area contributed by atoms with Gasteiger partial charge < -0.3 is 10.2 Å². The van der Waals surface area contributed by atoms with E-state index in [-0.39, 0.29) is 11.8 Å². The van der Waals surface area contributed by atoms with Crippen molar-refractivity contribution in [1.29, 1.82) is 0 Å². The third-order valence-corrected chi connectivity index (χ3v) is 6.06. The fourth-order valence-corrected chi connectivity index (χ4v) is 4.53. The Kier molecular flexibility index (Phi) is 4.30. The van der Waals surface area contributed by atoms with Crippen LogP contribution in [0.3, 0.4) is 0 Å². The minimum atomic E-state index is 0.00351. The number of likely N-dealkylation sites (tertiary alicyclic amines) is 1. The number of hydrogen-bond donors (Lipinski definition) is 1. The lowest BCUT2D eigenvalue weighted by Crippen LogP contribution is -2.27. The van der Waals surface area contributed by atoms with Crippen LogP contribution in [0.5, 0.6) is 0 Å². The molecule has 29 heavy (non-hydrogen) atoms. The summed E-state index contributed by atoms with van der Waals surface area (Å²) >= 11 is 0. The molecule has 0 saturated carbocycles. The van der Waals surface area contributed by atoms with Gasteiger partial charge >= 0.3 is 0 Å². The van der Waals surface area contributed by atoms with Gasteiger partial charge in [0.25, 0.3) is 0 Å². The molecule has 5 rings (SSSR count). The predicted octanol–water partition coefficient (Wildman–Crippen LogP) is 2.27. The van der Waals surface area contributed by atoms with Crippen LogP contribution in [0.25, 0.3) is 11.6 Å². The van der Waals surface area contributed by atoms with Gasteiger partial charge in [0, 0.05) is 50.6 Å². The number of rotatable bonds is 3. The SMILES string of the molecule is Cn1cc(C2=CC3CN(C(=O)/C=C/c4cnc5c(c4)CCC(=O)N5)C[C@@H]3C2)cn1. The maximum atomic E-state index is 12.7. The van der Waals surface area contributed by atoms with Crippen LogP contribution in [0.2, 0.25) is 0 Å². The van der Waals surface area contributed by atoms with E-state index in [4.69, 9.17) is 0 Å². The highest BCUT2D eigenvalue weighted by Gasteiger charge is 2.38. The fourth-order valence-electron chi connectivity index (χ4n) is 4.53. The summed E-state index contributed by atoms with van der Waals surface area (Å²) in [5, 5.41) is 7.03. The number of carbonyl (C=O) groups excluding carboxylic acids is 2. The van der Waals surface area contributed by atoms with Gasteiger partial charge in [-0.15, -0.1) is 0 Å². The predicted molar refractivity (Wildman–Crippen MR) is 110 cm³/mol. The van der Waals surface area contributed by atoms with Gasteiger partial charge in [-0.2, -0.15) is 5.10 Å². The lowest BCUT2D eigenvalue weighted by atomic mass is 9.99. The third kappa shape index (κ3) is 3.48. The zero-order chi connectivity index (χ0) is 20.0. The number of aromatic nitrogens is 3. The normalized spacial score (nSPS) is 23.1. The van der Waals surface area contributed by atoms with E-state index in [0.29, 0.717) is 30.5 Å². The first-order valence-corrected chi connectivity index (χ1v) is 10.0. The van der Waals surface area contributed by atoms with Crippen molar-refractivity contribution in [2.24, 2.45) is 18.9 Å². The molecule has 0 spiro atoms. The smallest absolute Gasteiger partial charge is 0.246 e.